The second-order valence-electron chi connectivity index (χ2n) is 5.60. The van der Waals surface area contributed by atoms with Gasteiger partial charge in [0.05, 0.1) is 25.0 Å². The summed E-state index contributed by atoms with van der Waals surface area (Å²) in [6.45, 7) is -0.0264. The van der Waals surface area contributed by atoms with Crippen LogP contribution in [-0.2, 0) is 4.74 Å². The van der Waals surface area contributed by atoms with Gasteiger partial charge in [-0.3, -0.25) is 9.78 Å². The normalized spacial score (nSPS) is 17.6. The van der Waals surface area contributed by atoms with Gasteiger partial charge >= 0.3 is 6.61 Å². The van der Waals surface area contributed by atoms with E-state index in [2.05, 4.69) is 14.7 Å². The Kier molecular flexibility index (Phi) is 5.18. The predicted molar refractivity (Wildman–Crippen MR) is 84.4 cm³/mol. The fraction of sp³-hybridized carbons (Fsp3) is 0.353. The number of benzene rings is 1. The van der Waals surface area contributed by atoms with Gasteiger partial charge in [0.1, 0.15) is 17.5 Å². The van der Waals surface area contributed by atoms with E-state index < -0.39 is 12.7 Å². The summed E-state index contributed by atoms with van der Waals surface area (Å²) in [4.78, 5) is 22.3. The number of hydrogen-bond donors (Lipinski definition) is 0. The van der Waals surface area contributed by atoms with Crippen LogP contribution in [-0.4, -0.2) is 47.1 Å². The minimum absolute atomic E-state index is 0.0592. The maximum Gasteiger partial charge on any atom is 0.387 e. The molecule has 1 aliphatic rings. The molecule has 2 aromatic rings. The first-order valence-corrected chi connectivity index (χ1v) is 7.77. The summed E-state index contributed by atoms with van der Waals surface area (Å²) in [5.74, 6) is -0.176. The topological polar surface area (TPSA) is 64.6 Å². The zero-order valence-corrected chi connectivity index (χ0v) is 13.6. The first-order valence-electron chi connectivity index (χ1n) is 7.77. The predicted octanol–water partition coefficient (Wildman–Crippen LogP) is 2.60. The van der Waals surface area contributed by atoms with Crippen molar-refractivity contribution in [3.05, 3.63) is 53.6 Å². The molecular weight excluding hydrogens is 332 g/mol. The monoisotopic (exact) mass is 349 g/mol. The largest absolute Gasteiger partial charge is 0.435 e. The highest BCUT2D eigenvalue weighted by Gasteiger charge is 2.27. The molecule has 1 aromatic carbocycles. The van der Waals surface area contributed by atoms with Crippen LogP contribution in [0.15, 0.2) is 36.7 Å². The highest BCUT2D eigenvalue weighted by atomic mass is 19.3. The van der Waals surface area contributed by atoms with Gasteiger partial charge in [0, 0.05) is 12.7 Å². The number of amides is 1. The van der Waals surface area contributed by atoms with E-state index in [4.69, 9.17) is 4.74 Å². The Bertz CT molecular complexity index is 740. The lowest BCUT2D eigenvalue weighted by atomic mass is 10.1. The third-order valence-corrected chi connectivity index (χ3v) is 3.81. The van der Waals surface area contributed by atoms with Crippen LogP contribution in [0.5, 0.6) is 5.75 Å². The van der Waals surface area contributed by atoms with Crippen molar-refractivity contribution in [1.29, 1.82) is 0 Å². The zero-order valence-electron chi connectivity index (χ0n) is 13.6. The van der Waals surface area contributed by atoms with Crippen LogP contribution in [0.25, 0.3) is 0 Å². The van der Waals surface area contributed by atoms with Gasteiger partial charge in [0.2, 0.25) is 0 Å². The Morgan fingerprint density at radius 2 is 2.20 bits per heavy atom. The summed E-state index contributed by atoms with van der Waals surface area (Å²) in [6, 6.07) is 6.31. The molecular formula is C17H17F2N3O3. The molecule has 1 fully saturated rings. The van der Waals surface area contributed by atoms with Gasteiger partial charge in [-0.15, -0.1) is 0 Å². The fourth-order valence-corrected chi connectivity index (χ4v) is 2.59. The Balaban J connectivity index is 1.72. The van der Waals surface area contributed by atoms with Crippen LogP contribution in [0.3, 0.4) is 0 Å². The molecule has 1 aliphatic heterocycles. The molecule has 0 N–H and O–H groups in total. The summed E-state index contributed by atoms with van der Waals surface area (Å²) in [5, 5.41) is 0. The number of carbonyl (C=O) groups excluding carboxylic acids is 1. The van der Waals surface area contributed by atoms with E-state index in [0.29, 0.717) is 25.3 Å². The van der Waals surface area contributed by atoms with Gasteiger partial charge < -0.3 is 14.4 Å². The molecule has 0 unspecified atom stereocenters. The van der Waals surface area contributed by atoms with Crippen molar-refractivity contribution in [3.63, 3.8) is 0 Å². The van der Waals surface area contributed by atoms with E-state index in [9.17, 15) is 13.6 Å². The summed E-state index contributed by atoms with van der Waals surface area (Å²) >= 11 is 0. The lowest BCUT2D eigenvalue weighted by Gasteiger charge is -2.33. The molecule has 0 bridgehead atoms. The molecule has 1 saturated heterocycles. The van der Waals surface area contributed by atoms with Gasteiger partial charge in [-0.05, 0) is 24.6 Å². The third-order valence-electron chi connectivity index (χ3n) is 3.81. The molecule has 0 radical (unpaired) electrons. The van der Waals surface area contributed by atoms with Crippen molar-refractivity contribution in [2.24, 2.45) is 0 Å². The molecule has 8 heteroatoms. The molecule has 25 heavy (non-hydrogen) atoms. The molecule has 0 saturated carbocycles. The second kappa shape index (κ2) is 7.52. The summed E-state index contributed by atoms with van der Waals surface area (Å²) in [7, 11) is 0. The van der Waals surface area contributed by atoms with Crippen molar-refractivity contribution < 1.29 is 23.0 Å². The van der Waals surface area contributed by atoms with E-state index in [-0.39, 0.29) is 17.4 Å². The van der Waals surface area contributed by atoms with E-state index in [1.807, 2.05) is 0 Å². The molecule has 2 heterocycles. The molecule has 1 amide bonds. The Hall–Kier alpha value is -2.61. The molecule has 6 nitrogen and oxygen atoms in total. The lowest BCUT2D eigenvalue weighted by Crippen LogP contribution is -2.42. The quantitative estimate of drug-likeness (QED) is 0.849. The average Bonchev–Trinajstić information content (AvgIpc) is 2.61. The number of rotatable bonds is 4. The lowest BCUT2D eigenvalue weighted by molar-refractivity contribution is -0.0504. The minimum Gasteiger partial charge on any atom is -0.435 e. The Morgan fingerprint density at radius 3 is 2.92 bits per heavy atom. The van der Waals surface area contributed by atoms with Crippen molar-refractivity contribution in [2.45, 2.75) is 19.6 Å². The Labute approximate surface area is 143 Å². The summed E-state index contributed by atoms with van der Waals surface area (Å²) in [6.07, 6.45) is 2.56. The number of morpholine rings is 1. The van der Waals surface area contributed by atoms with E-state index in [1.54, 1.807) is 24.0 Å². The number of alkyl halides is 2. The van der Waals surface area contributed by atoms with Gasteiger partial charge in [-0.25, -0.2) is 4.98 Å². The van der Waals surface area contributed by atoms with Gasteiger partial charge in [0.15, 0.2) is 0 Å². The molecule has 0 spiro atoms. The number of ether oxygens (including phenoxy) is 2. The number of nitrogens with zero attached hydrogens (tertiary/aromatic N) is 3. The number of carbonyl (C=O) groups is 1. The maximum atomic E-state index is 12.5. The molecule has 1 aromatic heterocycles. The third kappa shape index (κ3) is 4.27. The van der Waals surface area contributed by atoms with Gasteiger partial charge in [-0.2, -0.15) is 8.78 Å². The number of aryl methyl sites for hydroxylation is 1. The van der Waals surface area contributed by atoms with E-state index in [1.165, 1.54) is 24.5 Å². The van der Waals surface area contributed by atoms with Crippen molar-refractivity contribution in [3.8, 4) is 5.75 Å². The highest BCUT2D eigenvalue weighted by Crippen LogP contribution is 2.26. The van der Waals surface area contributed by atoms with Crippen LogP contribution in [0, 0.1) is 6.92 Å². The smallest absolute Gasteiger partial charge is 0.387 e. The van der Waals surface area contributed by atoms with Crippen LogP contribution in [0.4, 0.5) is 8.78 Å². The van der Waals surface area contributed by atoms with E-state index in [0.717, 1.165) is 5.69 Å². The maximum absolute atomic E-state index is 12.5. The fourth-order valence-electron chi connectivity index (χ4n) is 2.59. The highest BCUT2D eigenvalue weighted by molar-refractivity contribution is 5.92. The molecule has 1 atom stereocenters. The van der Waals surface area contributed by atoms with Crippen molar-refractivity contribution in [2.75, 3.05) is 19.7 Å². The summed E-state index contributed by atoms with van der Waals surface area (Å²) in [5.41, 5.74) is 1.67. The van der Waals surface area contributed by atoms with Gasteiger partial charge in [-0.1, -0.05) is 12.1 Å². The first-order chi connectivity index (χ1) is 12.0. The number of aromatic nitrogens is 2. The zero-order chi connectivity index (χ0) is 17.8. The average molecular weight is 349 g/mol. The molecule has 132 valence electrons. The van der Waals surface area contributed by atoms with E-state index >= 15 is 0 Å². The standard InChI is InChI=1S/C17H17F2N3O3/c1-11-8-21-14(9-20-11)16(23)22-5-6-24-15(10-22)12-3-2-4-13(7-12)25-17(18)19/h2-4,7-9,15,17H,5-6,10H2,1H3/t15-/m1/s1. The van der Waals surface area contributed by atoms with Crippen LogP contribution in [0.2, 0.25) is 0 Å². The SMILES string of the molecule is Cc1cnc(C(=O)N2CCO[C@@H](c3cccc(OC(F)F)c3)C2)cn1. The first kappa shape index (κ1) is 17.2. The number of hydrogen-bond acceptors (Lipinski definition) is 5. The van der Waals surface area contributed by atoms with Crippen LogP contribution < -0.4 is 4.74 Å². The van der Waals surface area contributed by atoms with Crippen LogP contribution >= 0.6 is 0 Å². The molecule has 0 aliphatic carbocycles. The minimum atomic E-state index is -2.89. The van der Waals surface area contributed by atoms with Crippen LogP contribution in [0.1, 0.15) is 27.8 Å². The second-order valence-corrected chi connectivity index (χ2v) is 5.60. The van der Waals surface area contributed by atoms with Crippen molar-refractivity contribution >= 4 is 5.91 Å². The summed E-state index contributed by atoms with van der Waals surface area (Å²) < 4.78 is 34.8. The van der Waals surface area contributed by atoms with Gasteiger partial charge in [0.25, 0.3) is 5.91 Å². The Morgan fingerprint density at radius 1 is 1.36 bits per heavy atom. The number of halogens is 2. The molecule has 3 rings (SSSR count). The van der Waals surface area contributed by atoms with Crippen molar-refractivity contribution in [1.82, 2.24) is 14.9 Å².